The molecule has 13 heavy (non-hydrogen) atoms. The monoisotopic (exact) mass is 278 g/mol. The van der Waals surface area contributed by atoms with Gasteiger partial charge in [-0.2, -0.15) is 0 Å². The van der Waals surface area contributed by atoms with Crippen LogP contribution in [0.4, 0.5) is 5.82 Å². The van der Waals surface area contributed by atoms with Gasteiger partial charge >= 0.3 is 85.3 Å². The second-order valence-electron chi connectivity index (χ2n) is 3.22. The first-order chi connectivity index (χ1) is 6.25. The van der Waals surface area contributed by atoms with E-state index in [2.05, 4.69) is 12.9 Å². The van der Waals surface area contributed by atoms with E-state index in [-0.39, 0.29) is 0 Å². The molecule has 0 fully saturated rings. The summed E-state index contributed by atoms with van der Waals surface area (Å²) in [6.45, 7) is 1.95. The van der Waals surface area contributed by atoms with E-state index in [1.807, 2.05) is 13.1 Å². The average molecular weight is 278 g/mol. The fourth-order valence-corrected chi connectivity index (χ4v) is 7.35. The zero-order chi connectivity index (χ0) is 9.26. The molecule has 66 valence electrons. The van der Waals surface area contributed by atoms with Gasteiger partial charge in [-0.15, -0.1) is 0 Å². The number of nitrogens with zero attached hydrogens (tertiary/aromatic N) is 3. The van der Waals surface area contributed by atoms with Crippen molar-refractivity contribution in [3.63, 3.8) is 0 Å². The van der Waals surface area contributed by atoms with Crippen LogP contribution in [-0.2, 0) is 0 Å². The van der Waals surface area contributed by atoms with Gasteiger partial charge in [0.25, 0.3) is 0 Å². The molecule has 1 aromatic heterocycles. The van der Waals surface area contributed by atoms with Gasteiger partial charge in [0.15, 0.2) is 0 Å². The standard InChI is InChI=1S/C5H6N3.C3H5N.In/c1-4-2-5(6)8-3-7-4;1-2-3-4;/h2H,1H3,(H2,6,7,8);3H,1-2H2;/q;-1;+1. The Labute approximate surface area is 85.2 Å². The Hall–Kier alpha value is -0.580. The molecule has 0 spiro atoms. The van der Waals surface area contributed by atoms with Crippen LogP contribution in [0.2, 0.25) is 4.18 Å². The molecule has 5 heteroatoms. The minimum atomic E-state index is -1.92. The number of aryl methyl sites for hydroxylation is 1. The molecule has 0 amide bonds. The van der Waals surface area contributed by atoms with E-state index in [1.165, 1.54) is 4.18 Å². The first-order valence-electron chi connectivity index (χ1n) is 4.38. The van der Waals surface area contributed by atoms with Crippen LogP contribution in [-0.4, -0.2) is 37.9 Å². The molecule has 0 aromatic carbocycles. The number of hydrogen-bond donors (Lipinski definition) is 1. The zero-order valence-corrected chi connectivity index (χ0v) is 10.9. The number of hydrogen-bond acceptors (Lipinski definition) is 4. The van der Waals surface area contributed by atoms with E-state index in [9.17, 15) is 0 Å². The molecule has 2 N–H and O–H groups in total. The van der Waals surface area contributed by atoms with Crippen LogP contribution >= 0.6 is 0 Å². The Morgan fingerprint density at radius 2 is 2.31 bits per heavy atom. The fourth-order valence-electron chi connectivity index (χ4n) is 1.47. The van der Waals surface area contributed by atoms with Crippen molar-refractivity contribution in [2.45, 2.75) is 17.5 Å². The quantitative estimate of drug-likeness (QED) is 0.788. The molecule has 0 atom stereocenters. The molecule has 2 rings (SSSR count). The number of anilines is 1. The van der Waals surface area contributed by atoms with Crippen LogP contribution in [0.15, 0.2) is 9.05 Å². The van der Waals surface area contributed by atoms with Crippen molar-refractivity contribution >= 4 is 37.3 Å². The van der Waals surface area contributed by atoms with E-state index in [1.54, 1.807) is 6.07 Å². The summed E-state index contributed by atoms with van der Waals surface area (Å²) in [6, 6.07) is 1.80. The zero-order valence-electron chi connectivity index (χ0n) is 7.57. The summed E-state index contributed by atoms with van der Waals surface area (Å²) >= 11 is -1.92. The molecule has 1 aliphatic rings. The molecular weight excluding hydrogens is 267 g/mol. The summed E-state index contributed by atoms with van der Waals surface area (Å²) < 4.78 is 6.67. The Morgan fingerprint density at radius 3 is 2.92 bits per heavy atom. The Morgan fingerprint density at radius 1 is 1.46 bits per heavy atom. The molecule has 0 radical (unpaired) electrons. The van der Waals surface area contributed by atoms with Crippen LogP contribution in [0.3, 0.4) is 0 Å². The number of nitrogen functional groups attached to an aromatic ring is 1. The van der Waals surface area contributed by atoms with E-state index < -0.39 is 21.7 Å². The molecular formula is C8H11InN4. The number of aromatic nitrogens is 2. The van der Waals surface area contributed by atoms with Crippen LogP contribution in [0.5, 0.6) is 0 Å². The van der Waals surface area contributed by atoms with Gasteiger partial charge in [-0.3, -0.25) is 0 Å². The fraction of sp³-hybridized carbons (Fsp3) is 0.375. The van der Waals surface area contributed by atoms with Crippen molar-refractivity contribution in [2.75, 3.05) is 5.73 Å². The third kappa shape index (κ3) is 2.02. The van der Waals surface area contributed by atoms with Gasteiger partial charge < -0.3 is 0 Å². The van der Waals surface area contributed by atoms with Gasteiger partial charge in [-0.25, -0.2) is 0 Å². The van der Waals surface area contributed by atoms with Gasteiger partial charge in [-0.05, 0) is 0 Å². The Kier molecular flexibility index (Phi) is 2.53. The van der Waals surface area contributed by atoms with Gasteiger partial charge in [-0.1, -0.05) is 0 Å². The van der Waals surface area contributed by atoms with E-state index in [0.29, 0.717) is 5.82 Å². The molecule has 0 saturated carbocycles. The summed E-state index contributed by atoms with van der Waals surface area (Å²) in [6.07, 6.45) is 3.13. The van der Waals surface area contributed by atoms with Crippen LogP contribution in [0.25, 0.3) is 0 Å². The SMILES string of the molecule is Cc1cc(N)n[c]([In]2[CH2]CC=[N]2)n1. The van der Waals surface area contributed by atoms with Gasteiger partial charge in [0, 0.05) is 0 Å². The molecule has 0 bridgehead atoms. The first kappa shape index (κ1) is 8.99. The van der Waals surface area contributed by atoms with Crippen molar-refractivity contribution in [3.05, 3.63) is 11.8 Å². The van der Waals surface area contributed by atoms with Gasteiger partial charge in [0.05, 0.1) is 0 Å². The summed E-state index contributed by atoms with van der Waals surface area (Å²) in [5, 5.41) is 0. The molecule has 2 heterocycles. The Balaban J connectivity index is 2.34. The molecule has 1 aromatic rings. The van der Waals surface area contributed by atoms with E-state index >= 15 is 0 Å². The predicted molar refractivity (Wildman–Crippen MR) is 54.5 cm³/mol. The van der Waals surface area contributed by atoms with Gasteiger partial charge in [0.1, 0.15) is 0 Å². The normalized spacial score (nSPS) is 15.3. The molecule has 1 aliphatic heterocycles. The summed E-state index contributed by atoms with van der Waals surface area (Å²) in [4.78, 5) is 8.67. The van der Waals surface area contributed by atoms with Crippen molar-refractivity contribution in [1.82, 2.24) is 9.97 Å². The summed E-state index contributed by atoms with van der Waals surface area (Å²) in [5.74, 6) is 0.585. The number of rotatable bonds is 1. The van der Waals surface area contributed by atoms with Crippen LogP contribution < -0.4 is 9.31 Å². The maximum absolute atomic E-state index is 5.66. The maximum atomic E-state index is 5.66. The van der Waals surface area contributed by atoms with Crippen LogP contribution in [0, 0.1) is 6.92 Å². The molecule has 4 nitrogen and oxygen atoms in total. The molecule has 0 saturated heterocycles. The van der Waals surface area contributed by atoms with E-state index in [0.717, 1.165) is 15.7 Å². The second kappa shape index (κ2) is 3.65. The number of nitrogens with two attached hydrogens (primary N) is 1. The van der Waals surface area contributed by atoms with Crippen molar-refractivity contribution < 1.29 is 0 Å². The average Bonchev–Trinajstić information content (AvgIpc) is 2.53. The summed E-state index contributed by atoms with van der Waals surface area (Å²) in [5.41, 5.74) is 6.62. The van der Waals surface area contributed by atoms with Crippen molar-refractivity contribution in [2.24, 2.45) is 2.98 Å². The summed E-state index contributed by atoms with van der Waals surface area (Å²) in [7, 11) is 0. The third-order valence-electron chi connectivity index (χ3n) is 2.04. The van der Waals surface area contributed by atoms with Gasteiger partial charge in [0.2, 0.25) is 0 Å². The molecule has 0 unspecified atom stereocenters. The first-order valence-corrected chi connectivity index (χ1v) is 9.83. The Bertz CT molecular complexity index is 330. The minimum absolute atomic E-state index is 0.585. The molecule has 0 aliphatic carbocycles. The van der Waals surface area contributed by atoms with E-state index in [4.69, 9.17) is 5.73 Å². The van der Waals surface area contributed by atoms with Crippen LogP contribution in [0.1, 0.15) is 12.1 Å². The topological polar surface area (TPSA) is 64.2 Å². The second-order valence-corrected chi connectivity index (χ2v) is 10.1. The van der Waals surface area contributed by atoms with Crippen molar-refractivity contribution in [3.8, 4) is 0 Å². The van der Waals surface area contributed by atoms with Crippen molar-refractivity contribution in [1.29, 1.82) is 0 Å². The predicted octanol–water partition coefficient (Wildman–Crippen LogP) is 0.0402. The third-order valence-corrected chi connectivity index (χ3v) is 8.62.